The van der Waals surface area contributed by atoms with Gasteiger partial charge in [-0.1, -0.05) is 29.3 Å². The van der Waals surface area contributed by atoms with E-state index in [9.17, 15) is 0 Å². The minimum Gasteiger partial charge on any atom is -0.370 e. The van der Waals surface area contributed by atoms with E-state index in [1.807, 2.05) is 12.1 Å². The van der Waals surface area contributed by atoms with Gasteiger partial charge in [-0.15, -0.1) is 0 Å². The lowest BCUT2D eigenvalue weighted by atomic mass is 10.1. The average molecular weight is 246 g/mol. The van der Waals surface area contributed by atoms with E-state index in [4.69, 9.17) is 28.9 Å². The molecule has 15 heavy (non-hydrogen) atoms. The predicted octanol–water partition coefficient (Wildman–Crippen LogP) is 2.07. The molecule has 0 aliphatic heterocycles. The van der Waals surface area contributed by atoms with Crippen LogP contribution in [0.5, 0.6) is 0 Å². The number of benzene rings is 1. The Balaban J connectivity index is 2.51. The van der Waals surface area contributed by atoms with E-state index in [2.05, 4.69) is 10.3 Å². The number of nitrogens with zero attached hydrogens (tertiary/aromatic N) is 1. The van der Waals surface area contributed by atoms with Crippen LogP contribution in [0.1, 0.15) is 5.56 Å². The van der Waals surface area contributed by atoms with Gasteiger partial charge in [0.15, 0.2) is 5.96 Å². The summed E-state index contributed by atoms with van der Waals surface area (Å²) < 4.78 is 0. The summed E-state index contributed by atoms with van der Waals surface area (Å²) in [5.74, 6) is 0.431. The second kappa shape index (κ2) is 5.83. The van der Waals surface area contributed by atoms with Crippen molar-refractivity contribution in [3.8, 4) is 0 Å². The van der Waals surface area contributed by atoms with Crippen LogP contribution in [-0.2, 0) is 6.42 Å². The van der Waals surface area contributed by atoms with Crippen molar-refractivity contribution in [2.75, 3.05) is 13.6 Å². The zero-order valence-electron chi connectivity index (χ0n) is 8.43. The summed E-state index contributed by atoms with van der Waals surface area (Å²) in [5.41, 5.74) is 6.52. The van der Waals surface area contributed by atoms with Crippen LogP contribution in [0.2, 0.25) is 10.0 Å². The maximum atomic E-state index is 6.01. The molecule has 5 heteroatoms. The van der Waals surface area contributed by atoms with Gasteiger partial charge < -0.3 is 11.1 Å². The van der Waals surface area contributed by atoms with Crippen molar-refractivity contribution >= 4 is 29.2 Å². The molecule has 1 aromatic carbocycles. The molecule has 0 radical (unpaired) electrons. The minimum absolute atomic E-state index is 0.431. The summed E-state index contributed by atoms with van der Waals surface area (Å²) >= 11 is 11.8. The normalized spacial score (nSPS) is 11.5. The third-order valence-corrected chi connectivity index (χ3v) is 2.54. The third kappa shape index (κ3) is 3.98. The van der Waals surface area contributed by atoms with Crippen LogP contribution in [0.15, 0.2) is 23.2 Å². The Labute approximate surface area is 99.3 Å². The lowest BCUT2D eigenvalue weighted by molar-refractivity contribution is 0.857. The predicted molar refractivity (Wildman–Crippen MR) is 65.7 cm³/mol. The first-order chi connectivity index (χ1) is 7.13. The Morgan fingerprint density at radius 1 is 1.47 bits per heavy atom. The first kappa shape index (κ1) is 12.1. The van der Waals surface area contributed by atoms with Crippen molar-refractivity contribution in [1.29, 1.82) is 0 Å². The maximum Gasteiger partial charge on any atom is 0.188 e. The molecule has 0 amide bonds. The van der Waals surface area contributed by atoms with Crippen molar-refractivity contribution < 1.29 is 0 Å². The van der Waals surface area contributed by atoms with Gasteiger partial charge in [-0.3, -0.25) is 4.99 Å². The van der Waals surface area contributed by atoms with Gasteiger partial charge in [0.2, 0.25) is 0 Å². The standard InChI is InChI=1S/C10H13Cl2N3/c1-14-10(13)15-5-4-7-2-3-8(11)6-9(7)12/h2-3,6H,4-5H2,1H3,(H3,13,14,15). The minimum atomic E-state index is 0.431. The summed E-state index contributed by atoms with van der Waals surface area (Å²) in [6.07, 6.45) is 0.784. The molecule has 0 heterocycles. The zero-order valence-corrected chi connectivity index (χ0v) is 9.94. The van der Waals surface area contributed by atoms with E-state index in [1.54, 1.807) is 13.1 Å². The second-order valence-corrected chi connectivity index (χ2v) is 3.86. The zero-order chi connectivity index (χ0) is 11.3. The van der Waals surface area contributed by atoms with Crippen LogP contribution in [0.3, 0.4) is 0 Å². The Morgan fingerprint density at radius 3 is 2.80 bits per heavy atom. The lowest BCUT2D eigenvalue weighted by Gasteiger charge is -2.06. The van der Waals surface area contributed by atoms with Crippen molar-refractivity contribution in [1.82, 2.24) is 5.32 Å². The fourth-order valence-electron chi connectivity index (χ4n) is 1.13. The molecule has 0 spiro atoms. The van der Waals surface area contributed by atoms with Crippen molar-refractivity contribution in [2.24, 2.45) is 10.7 Å². The number of nitrogens with one attached hydrogen (secondary N) is 1. The first-order valence-corrected chi connectivity index (χ1v) is 5.29. The molecule has 82 valence electrons. The average Bonchev–Trinajstić information content (AvgIpc) is 2.21. The summed E-state index contributed by atoms with van der Waals surface area (Å²) in [7, 11) is 1.64. The second-order valence-electron chi connectivity index (χ2n) is 3.02. The highest BCUT2D eigenvalue weighted by molar-refractivity contribution is 6.35. The van der Waals surface area contributed by atoms with Crippen LogP contribution in [0.25, 0.3) is 0 Å². The Bertz CT molecular complexity index is 364. The maximum absolute atomic E-state index is 6.01. The number of nitrogens with two attached hydrogens (primary N) is 1. The van der Waals surface area contributed by atoms with Crippen LogP contribution < -0.4 is 11.1 Å². The SMILES string of the molecule is CN=C(N)NCCc1ccc(Cl)cc1Cl. The molecule has 0 aliphatic rings. The van der Waals surface area contributed by atoms with E-state index in [0.717, 1.165) is 12.0 Å². The van der Waals surface area contributed by atoms with Gasteiger partial charge in [0.05, 0.1) is 0 Å². The van der Waals surface area contributed by atoms with Crippen molar-refractivity contribution in [2.45, 2.75) is 6.42 Å². The molecule has 0 saturated carbocycles. The van der Waals surface area contributed by atoms with Crippen LogP contribution in [0.4, 0.5) is 0 Å². The molecule has 0 bridgehead atoms. The van der Waals surface area contributed by atoms with Gasteiger partial charge in [0.1, 0.15) is 0 Å². The number of rotatable bonds is 3. The van der Waals surface area contributed by atoms with Crippen LogP contribution in [0, 0.1) is 0 Å². The van der Waals surface area contributed by atoms with Crippen LogP contribution in [-0.4, -0.2) is 19.6 Å². The van der Waals surface area contributed by atoms with Gasteiger partial charge in [-0.05, 0) is 24.1 Å². The molecule has 0 unspecified atom stereocenters. The number of hydrogen-bond acceptors (Lipinski definition) is 1. The molecular weight excluding hydrogens is 233 g/mol. The van der Waals surface area contributed by atoms with Crippen molar-refractivity contribution in [3.63, 3.8) is 0 Å². The van der Waals surface area contributed by atoms with Gasteiger partial charge in [-0.2, -0.15) is 0 Å². The Kier molecular flexibility index (Phi) is 4.72. The number of hydrogen-bond donors (Lipinski definition) is 2. The van der Waals surface area contributed by atoms with E-state index in [-0.39, 0.29) is 0 Å². The summed E-state index contributed by atoms with van der Waals surface area (Å²) in [6.45, 7) is 0.699. The number of guanidine groups is 1. The molecule has 0 fully saturated rings. The molecule has 0 aromatic heterocycles. The smallest absolute Gasteiger partial charge is 0.188 e. The number of halogens is 2. The quantitative estimate of drug-likeness (QED) is 0.633. The summed E-state index contributed by atoms with van der Waals surface area (Å²) in [5, 5.41) is 4.28. The highest BCUT2D eigenvalue weighted by Gasteiger charge is 2.00. The fraction of sp³-hybridized carbons (Fsp3) is 0.300. The van der Waals surface area contributed by atoms with E-state index < -0.39 is 0 Å². The van der Waals surface area contributed by atoms with Gasteiger partial charge in [0, 0.05) is 23.6 Å². The van der Waals surface area contributed by atoms with E-state index >= 15 is 0 Å². The summed E-state index contributed by atoms with van der Waals surface area (Å²) in [6, 6.07) is 5.46. The Hall–Kier alpha value is -0.930. The lowest BCUT2D eigenvalue weighted by Crippen LogP contribution is -2.32. The molecule has 0 saturated heterocycles. The molecule has 3 N–H and O–H groups in total. The highest BCUT2D eigenvalue weighted by Crippen LogP contribution is 2.20. The molecule has 0 aliphatic carbocycles. The number of aliphatic imine (C=N–C) groups is 1. The van der Waals surface area contributed by atoms with Gasteiger partial charge in [-0.25, -0.2) is 0 Å². The van der Waals surface area contributed by atoms with Gasteiger partial charge in [0.25, 0.3) is 0 Å². The van der Waals surface area contributed by atoms with E-state index in [0.29, 0.717) is 22.5 Å². The Morgan fingerprint density at radius 2 is 2.20 bits per heavy atom. The molecule has 3 nitrogen and oxygen atoms in total. The third-order valence-electron chi connectivity index (χ3n) is 1.96. The molecule has 0 atom stereocenters. The molecular formula is C10H13Cl2N3. The monoisotopic (exact) mass is 245 g/mol. The first-order valence-electron chi connectivity index (χ1n) is 4.53. The molecule has 1 aromatic rings. The van der Waals surface area contributed by atoms with Crippen LogP contribution >= 0.6 is 23.2 Å². The fourth-order valence-corrected chi connectivity index (χ4v) is 1.63. The largest absolute Gasteiger partial charge is 0.370 e. The summed E-state index contributed by atoms with van der Waals surface area (Å²) in [4.78, 5) is 3.79. The highest BCUT2D eigenvalue weighted by atomic mass is 35.5. The van der Waals surface area contributed by atoms with E-state index in [1.165, 1.54) is 0 Å². The van der Waals surface area contributed by atoms with Gasteiger partial charge >= 0.3 is 0 Å². The molecule has 1 rings (SSSR count). The topological polar surface area (TPSA) is 50.4 Å². The van der Waals surface area contributed by atoms with Crippen molar-refractivity contribution in [3.05, 3.63) is 33.8 Å².